The van der Waals surface area contributed by atoms with Crippen molar-refractivity contribution in [1.82, 2.24) is 0 Å². The van der Waals surface area contributed by atoms with Crippen LogP contribution >= 0.6 is 15.9 Å². The molecule has 22 heavy (non-hydrogen) atoms. The van der Waals surface area contributed by atoms with Gasteiger partial charge in [0.2, 0.25) is 0 Å². The molecule has 124 valence electrons. The van der Waals surface area contributed by atoms with E-state index in [4.69, 9.17) is 0 Å². The van der Waals surface area contributed by atoms with Crippen LogP contribution in [0.25, 0.3) is 0 Å². The second-order valence-electron chi connectivity index (χ2n) is 8.86. The first-order chi connectivity index (χ1) is 10.4. The Labute approximate surface area is 142 Å². The quantitative estimate of drug-likeness (QED) is 0.500. The Hall–Kier alpha value is 0.140. The summed E-state index contributed by atoms with van der Waals surface area (Å²) in [6.07, 6.45) is 9.54. The van der Waals surface area contributed by atoms with Gasteiger partial charge in [0, 0.05) is 4.83 Å². The highest BCUT2D eigenvalue weighted by molar-refractivity contribution is 9.09. The number of rotatable bonds is 0. The zero-order chi connectivity index (χ0) is 15.7. The predicted molar refractivity (Wildman–Crippen MR) is 91.8 cm³/mol. The number of alkyl halides is 1. The maximum Gasteiger partial charge on any atom is 0.0724 e. The summed E-state index contributed by atoms with van der Waals surface area (Å²) >= 11 is 4.01. The second kappa shape index (κ2) is 5.07. The molecular formula is C19H29BrO2. The lowest BCUT2D eigenvalue weighted by Crippen LogP contribution is -2.54. The van der Waals surface area contributed by atoms with Gasteiger partial charge in [0.1, 0.15) is 0 Å². The molecule has 0 aromatic carbocycles. The van der Waals surface area contributed by atoms with E-state index in [1.165, 1.54) is 24.8 Å². The van der Waals surface area contributed by atoms with Gasteiger partial charge in [0.05, 0.1) is 12.2 Å². The van der Waals surface area contributed by atoms with E-state index in [0.717, 1.165) is 25.7 Å². The molecule has 3 fully saturated rings. The highest BCUT2D eigenvalue weighted by Gasteiger charge is 2.60. The van der Waals surface area contributed by atoms with Crippen molar-refractivity contribution in [2.75, 3.05) is 0 Å². The molecule has 0 bridgehead atoms. The zero-order valence-corrected chi connectivity index (χ0v) is 15.3. The van der Waals surface area contributed by atoms with Crippen LogP contribution in [0.5, 0.6) is 0 Å². The van der Waals surface area contributed by atoms with Crippen LogP contribution < -0.4 is 0 Å². The zero-order valence-electron chi connectivity index (χ0n) is 13.8. The van der Waals surface area contributed by atoms with Crippen molar-refractivity contribution in [2.45, 2.75) is 75.8 Å². The molecular weight excluding hydrogens is 340 g/mol. The van der Waals surface area contributed by atoms with E-state index in [2.05, 4.69) is 35.9 Å². The molecule has 0 unspecified atom stereocenters. The fraction of sp³-hybridized carbons (Fsp3) is 0.895. The summed E-state index contributed by atoms with van der Waals surface area (Å²) in [7, 11) is 0. The van der Waals surface area contributed by atoms with Crippen molar-refractivity contribution < 1.29 is 10.2 Å². The van der Waals surface area contributed by atoms with Crippen LogP contribution in [0.3, 0.4) is 0 Å². The monoisotopic (exact) mass is 368 g/mol. The molecule has 8 atom stereocenters. The summed E-state index contributed by atoms with van der Waals surface area (Å²) in [5.41, 5.74) is 1.92. The van der Waals surface area contributed by atoms with E-state index in [1.807, 2.05) is 0 Å². The van der Waals surface area contributed by atoms with Crippen LogP contribution in [0.15, 0.2) is 11.6 Å². The Morgan fingerprint density at radius 2 is 1.82 bits per heavy atom. The Balaban J connectivity index is 1.72. The Morgan fingerprint density at radius 1 is 1.05 bits per heavy atom. The van der Waals surface area contributed by atoms with Crippen molar-refractivity contribution >= 4 is 15.9 Å². The van der Waals surface area contributed by atoms with Crippen LogP contribution in [0.4, 0.5) is 0 Å². The Morgan fingerprint density at radius 3 is 2.59 bits per heavy atom. The van der Waals surface area contributed by atoms with Gasteiger partial charge in [-0.1, -0.05) is 41.4 Å². The average Bonchev–Trinajstić information content (AvgIpc) is 2.77. The summed E-state index contributed by atoms with van der Waals surface area (Å²) in [6.45, 7) is 4.79. The third-order valence-electron chi connectivity index (χ3n) is 8.02. The van der Waals surface area contributed by atoms with Crippen LogP contribution in [0.1, 0.15) is 58.8 Å². The van der Waals surface area contributed by atoms with Crippen molar-refractivity contribution in [1.29, 1.82) is 0 Å². The third kappa shape index (κ3) is 1.97. The summed E-state index contributed by atoms with van der Waals surface area (Å²) in [4.78, 5) is 0.511. The van der Waals surface area contributed by atoms with Gasteiger partial charge < -0.3 is 10.2 Å². The molecule has 4 aliphatic carbocycles. The lowest BCUT2D eigenvalue weighted by molar-refractivity contribution is -0.0728. The topological polar surface area (TPSA) is 40.5 Å². The van der Waals surface area contributed by atoms with Crippen molar-refractivity contribution in [2.24, 2.45) is 28.6 Å². The van der Waals surface area contributed by atoms with Gasteiger partial charge in [-0.15, -0.1) is 0 Å². The molecule has 4 aliphatic rings. The molecule has 2 nitrogen and oxygen atoms in total. The normalized spacial score (nSPS) is 57.6. The number of halogens is 1. The number of hydrogen-bond donors (Lipinski definition) is 2. The van der Waals surface area contributed by atoms with E-state index >= 15 is 0 Å². The third-order valence-corrected chi connectivity index (χ3v) is 8.95. The highest BCUT2D eigenvalue weighted by atomic mass is 79.9. The smallest absolute Gasteiger partial charge is 0.0724 e. The fourth-order valence-corrected chi connectivity index (χ4v) is 7.69. The van der Waals surface area contributed by atoms with Crippen LogP contribution in [0.2, 0.25) is 0 Å². The highest BCUT2D eigenvalue weighted by Crippen LogP contribution is 2.66. The maximum absolute atomic E-state index is 10.5. The van der Waals surface area contributed by atoms with Gasteiger partial charge in [-0.2, -0.15) is 0 Å². The van der Waals surface area contributed by atoms with E-state index in [0.29, 0.717) is 22.6 Å². The lowest BCUT2D eigenvalue weighted by atomic mass is 9.47. The van der Waals surface area contributed by atoms with Crippen molar-refractivity contribution in [3.63, 3.8) is 0 Å². The van der Waals surface area contributed by atoms with Crippen molar-refractivity contribution in [3.05, 3.63) is 11.6 Å². The molecule has 0 amide bonds. The maximum atomic E-state index is 10.5. The largest absolute Gasteiger partial charge is 0.393 e. The molecule has 0 aromatic heterocycles. The van der Waals surface area contributed by atoms with Crippen LogP contribution in [-0.2, 0) is 0 Å². The average molecular weight is 369 g/mol. The van der Waals surface area contributed by atoms with Crippen LogP contribution in [0, 0.1) is 28.6 Å². The minimum atomic E-state index is -0.235. The molecule has 0 spiro atoms. The first-order valence-corrected chi connectivity index (χ1v) is 9.99. The SMILES string of the molecule is C[C@]12CC[C@H]3[C@@H]([C@H](Br)CC4=C[C@@H](O)CC[C@@]43C)[C@@H]1CC[C@@H]2O. The van der Waals surface area contributed by atoms with Gasteiger partial charge in [-0.25, -0.2) is 0 Å². The lowest BCUT2D eigenvalue weighted by Gasteiger charge is -2.59. The van der Waals surface area contributed by atoms with Gasteiger partial charge in [0.15, 0.2) is 0 Å². The second-order valence-corrected chi connectivity index (χ2v) is 10.0. The van der Waals surface area contributed by atoms with E-state index in [9.17, 15) is 10.2 Å². The molecule has 0 heterocycles. The van der Waals surface area contributed by atoms with E-state index in [1.54, 1.807) is 0 Å². The molecule has 3 saturated carbocycles. The van der Waals surface area contributed by atoms with Crippen molar-refractivity contribution in [3.8, 4) is 0 Å². The minimum absolute atomic E-state index is 0.101. The molecule has 4 rings (SSSR count). The number of allylic oxidation sites excluding steroid dienone is 1. The summed E-state index contributed by atoms with van der Waals surface area (Å²) in [6, 6.07) is 0. The van der Waals surface area contributed by atoms with Gasteiger partial charge in [0.25, 0.3) is 0 Å². The molecule has 0 saturated heterocycles. The molecule has 2 N–H and O–H groups in total. The number of fused-ring (bicyclic) bond motifs is 5. The van der Waals surface area contributed by atoms with Gasteiger partial charge >= 0.3 is 0 Å². The standard InChI is InChI=1S/C19H29BrO2/c1-18-7-5-12(21)9-11(18)10-15(20)17-13-3-4-16(22)19(13,2)8-6-14(17)18/h9,12-17,21-22H,3-8,10H2,1-2H3/t12-,13-,14-,15+,16-,17-,18-,19-/m0/s1. The molecule has 3 heteroatoms. The number of hydrogen-bond acceptors (Lipinski definition) is 2. The summed E-state index contributed by atoms with van der Waals surface area (Å²) in [5.74, 6) is 2.07. The first-order valence-electron chi connectivity index (χ1n) is 9.07. The van der Waals surface area contributed by atoms with Gasteiger partial charge in [-0.05, 0) is 73.5 Å². The molecule has 0 radical (unpaired) electrons. The van der Waals surface area contributed by atoms with Crippen LogP contribution in [-0.4, -0.2) is 27.2 Å². The minimum Gasteiger partial charge on any atom is -0.393 e. The van der Waals surface area contributed by atoms with E-state index in [-0.39, 0.29) is 23.0 Å². The number of aliphatic hydroxyl groups excluding tert-OH is 2. The molecule has 0 aromatic rings. The first kappa shape index (κ1) is 15.7. The Kier molecular flexibility index (Phi) is 3.61. The fourth-order valence-electron chi connectivity index (χ4n) is 6.60. The molecule has 0 aliphatic heterocycles. The number of aliphatic hydroxyl groups is 2. The van der Waals surface area contributed by atoms with Gasteiger partial charge in [-0.3, -0.25) is 0 Å². The van der Waals surface area contributed by atoms with E-state index < -0.39 is 0 Å². The summed E-state index contributed by atoms with van der Waals surface area (Å²) < 4.78 is 0. The summed E-state index contributed by atoms with van der Waals surface area (Å²) in [5, 5.41) is 20.6. The predicted octanol–water partition coefficient (Wildman–Crippen LogP) is 4.04. The Bertz CT molecular complexity index is 504.